The van der Waals surface area contributed by atoms with Crippen LogP contribution in [0.3, 0.4) is 0 Å². The number of rotatable bonds is 3. The molecule has 0 saturated heterocycles. The number of halogens is 3. The molecule has 0 aromatic heterocycles. The van der Waals surface area contributed by atoms with Crippen LogP contribution in [0.25, 0.3) is 0 Å². The zero-order valence-corrected chi connectivity index (χ0v) is 12.2. The fourth-order valence-electron chi connectivity index (χ4n) is 0.821. The van der Waals surface area contributed by atoms with Crippen LogP contribution in [0.5, 0.6) is 0 Å². The van der Waals surface area contributed by atoms with E-state index < -0.39 is 14.1 Å². The molecule has 5 heteroatoms. The van der Waals surface area contributed by atoms with Gasteiger partial charge in [0.25, 0.3) is 6.69 Å². The Morgan fingerprint density at radius 1 is 1.17 bits per heavy atom. The van der Waals surface area contributed by atoms with Crippen molar-refractivity contribution in [2.75, 3.05) is 0 Å². The van der Waals surface area contributed by atoms with Crippen LogP contribution >= 0.6 is 33.2 Å². The molecule has 0 fully saturated rings. The van der Waals surface area contributed by atoms with Gasteiger partial charge in [-0.05, 0) is 12.1 Å². The van der Waals surface area contributed by atoms with Gasteiger partial charge < -0.3 is 0 Å². The first-order valence-corrected chi connectivity index (χ1v) is 12.4. The van der Waals surface area contributed by atoms with Gasteiger partial charge in [0.2, 0.25) is 0 Å². The molecule has 0 aliphatic heterocycles. The second-order valence-electron chi connectivity index (χ2n) is 3.68. The van der Waals surface area contributed by atoms with Crippen LogP contribution in [0.4, 0.5) is 0 Å². The molecule has 0 saturated carbocycles. The molecular weight excluding hydrogens is 247 g/mol. The Balaban J connectivity index is 4.53. The lowest BCUT2D eigenvalue weighted by Gasteiger charge is -2.28. The maximum Gasteiger partial charge on any atom is 0.254 e. The predicted octanol–water partition coefficient (Wildman–Crippen LogP) is 4.47. The zero-order valence-electron chi connectivity index (χ0n) is 7.92. The summed E-state index contributed by atoms with van der Waals surface area (Å²) in [5, 5.41) is 1.06. The first-order chi connectivity index (χ1) is 5.07. The van der Waals surface area contributed by atoms with E-state index in [2.05, 4.69) is 6.58 Å². The molecule has 0 radical (unpaired) electrons. The van der Waals surface area contributed by atoms with Gasteiger partial charge in [0.05, 0.1) is 0 Å². The smallest absolute Gasteiger partial charge is 0.162 e. The lowest BCUT2D eigenvalue weighted by Crippen LogP contribution is -2.31. The van der Waals surface area contributed by atoms with Crippen LogP contribution in [-0.4, -0.2) is 14.1 Å². The molecule has 0 spiro atoms. The van der Waals surface area contributed by atoms with E-state index in [-0.39, 0.29) is 5.54 Å². The Hall–Kier alpha value is 1.04. The monoisotopic (exact) mass is 260 g/mol. The summed E-state index contributed by atoms with van der Waals surface area (Å²) in [5.41, 5.74) is 0.181. The summed E-state index contributed by atoms with van der Waals surface area (Å²) >= 11 is 18.4. The van der Waals surface area contributed by atoms with Crippen molar-refractivity contribution in [3.63, 3.8) is 0 Å². The maximum absolute atomic E-state index is 6.23. The molecule has 0 aliphatic rings. The minimum absolute atomic E-state index is 0.181. The third-order valence-corrected chi connectivity index (χ3v) is 8.86. The third-order valence-electron chi connectivity index (χ3n) is 2.05. The topological polar surface area (TPSA) is 0 Å². The molecule has 0 amide bonds. The van der Waals surface area contributed by atoms with E-state index in [0.717, 1.165) is 5.20 Å². The number of allylic oxidation sites excluding steroid dienone is 1. The Labute approximate surface area is 91.0 Å². The molecule has 0 rings (SSSR count). The van der Waals surface area contributed by atoms with Gasteiger partial charge in [0, 0.05) is 0 Å². The van der Waals surface area contributed by atoms with Gasteiger partial charge >= 0.3 is 0 Å². The highest BCUT2D eigenvalue weighted by molar-refractivity contribution is 7.46. The molecule has 1 unspecified atom stereocenters. The van der Waals surface area contributed by atoms with E-state index in [1.807, 2.05) is 26.6 Å². The molecule has 0 bridgehead atoms. The van der Waals surface area contributed by atoms with E-state index in [9.17, 15) is 0 Å². The van der Waals surface area contributed by atoms with Crippen molar-refractivity contribution >= 4 is 47.3 Å². The van der Waals surface area contributed by atoms with Gasteiger partial charge in [0.1, 0.15) is 0 Å². The Morgan fingerprint density at radius 2 is 1.50 bits per heavy atom. The van der Waals surface area contributed by atoms with Gasteiger partial charge in [-0.15, -0.1) is 28.7 Å². The van der Waals surface area contributed by atoms with E-state index in [4.69, 9.17) is 33.2 Å². The van der Waals surface area contributed by atoms with Crippen molar-refractivity contribution in [1.82, 2.24) is 0 Å². The number of hydrogen-bond acceptors (Lipinski definition) is 0. The second-order valence-corrected chi connectivity index (χ2v) is 18.2. The fourth-order valence-corrected chi connectivity index (χ4v) is 6.52. The fraction of sp³-hybridized carbons (Fsp3) is 0.714. The summed E-state index contributed by atoms with van der Waals surface area (Å²) in [6.07, 6.45) is 0. The van der Waals surface area contributed by atoms with Gasteiger partial charge in [-0.3, -0.25) is 0 Å². The average molecular weight is 262 g/mol. The summed E-state index contributed by atoms with van der Waals surface area (Å²) in [6.45, 7) is 9.86. The summed E-state index contributed by atoms with van der Waals surface area (Å²) in [4.78, 5) is 0. The normalized spacial score (nSPS) is 15.9. The SMILES string of the molecule is C=C(C(C)[Si](C)(Cl)Cl)[Si](C)(C)Cl. The molecule has 0 aromatic rings. The van der Waals surface area contributed by atoms with Crippen LogP contribution in [-0.2, 0) is 0 Å². The first-order valence-electron chi connectivity index (χ1n) is 3.83. The number of hydrogen-bond donors (Lipinski definition) is 0. The highest BCUT2D eigenvalue weighted by atomic mass is 35.7. The Morgan fingerprint density at radius 3 is 1.58 bits per heavy atom. The van der Waals surface area contributed by atoms with Crippen LogP contribution in [0.1, 0.15) is 6.92 Å². The van der Waals surface area contributed by atoms with Crippen molar-refractivity contribution in [2.45, 2.75) is 32.1 Å². The summed E-state index contributed by atoms with van der Waals surface area (Å²) in [7, 11) is -1.79. The van der Waals surface area contributed by atoms with Crippen LogP contribution in [0.15, 0.2) is 11.8 Å². The van der Waals surface area contributed by atoms with Crippen LogP contribution in [0.2, 0.25) is 25.2 Å². The largest absolute Gasteiger partial charge is 0.254 e. The molecule has 12 heavy (non-hydrogen) atoms. The standard InChI is InChI=1S/C7H15Cl3Si2/c1-6(11(3,4)8)7(2)12(5,9)10/h7H,1H2,2-5H3. The van der Waals surface area contributed by atoms with Crippen molar-refractivity contribution in [1.29, 1.82) is 0 Å². The molecule has 1 atom stereocenters. The quantitative estimate of drug-likeness (QED) is 0.520. The van der Waals surface area contributed by atoms with E-state index in [0.29, 0.717) is 0 Å². The predicted molar refractivity (Wildman–Crippen MR) is 65.2 cm³/mol. The summed E-state index contributed by atoms with van der Waals surface area (Å²) in [5.74, 6) is 0. The van der Waals surface area contributed by atoms with E-state index in [1.165, 1.54) is 0 Å². The average Bonchev–Trinajstić information content (AvgIpc) is 1.80. The highest BCUT2D eigenvalue weighted by Gasteiger charge is 2.37. The summed E-state index contributed by atoms with van der Waals surface area (Å²) in [6, 6.07) is 0. The zero-order chi connectivity index (χ0) is 10.2. The summed E-state index contributed by atoms with van der Waals surface area (Å²) < 4.78 is 0. The molecular formula is C7H15Cl3Si2. The minimum atomic E-state index is -2.14. The van der Waals surface area contributed by atoms with Gasteiger partial charge in [-0.2, -0.15) is 11.1 Å². The molecule has 0 nitrogen and oxygen atoms in total. The van der Waals surface area contributed by atoms with Crippen molar-refractivity contribution in [3.8, 4) is 0 Å². The first kappa shape index (κ1) is 13.0. The minimum Gasteiger partial charge on any atom is -0.162 e. The molecule has 0 heterocycles. The van der Waals surface area contributed by atoms with Crippen molar-refractivity contribution < 1.29 is 0 Å². The van der Waals surface area contributed by atoms with E-state index in [1.54, 1.807) is 0 Å². The molecule has 0 aromatic carbocycles. The Bertz CT molecular complexity index is 178. The van der Waals surface area contributed by atoms with E-state index >= 15 is 0 Å². The Kier molecular flexibility index (Phi) is 4.40. The lowest BCUT2D eigenvalue weighted by molar-refractivity contribution is 1.14. The van der Waals surface area contributed by atoms with Crippen molar-refractivity contribution in [3.05, 3.63) is 11.8 Å². The van der Waals surface area contributed by atoms with Gasteiger partial charge in [-0.1, -0.05) is 25.2 Å². The lowest BCUT2D eigenvalue weighted by atomic mass is 10.5. The van der Waals surface area contributed by atoms with Crippen molar-refractivity contribution in [2.24, 2.45) is 0 Å². The maximum atomic E-state index is 6.23. The molecule has 0 N–H and O–H groups in total. The second kappa shape index (κ2) is 4.05. The molecule has 0 aliphatic carbocycles. The van der Waals surface area contributed by atoms with Gasteiger partial charge in [-0.25, -0.2) is 0 Å². The molecule has 72 valence electrons. The highest BCUT2D eigenvalue weighted by Crippen LogP contribution is 2.39. The van der Waals surface area contributed by atoms with Crippen LogP contribution in [0, 0.1) is 0 Å². The van der Waals surface area contributed by atoms with Gasteiger partial charge in [0.15, 0.2) is 7.38 Å². The van der Waals surface area contributed by atoms with Crippen LogP contribution < -0.4 is 0 Å². The third kappa shape index (κ3) is 3.84.